The number of rotatable bonds is 7. The lowest BCUT2D eigenvalue weighted by Crippen LogP contribution is -2.20. The maximum absolute atomic E-state index is 13.0. The van der Waals surface area contributed by atoms with Gasteiger partial charge in [-0.15, -0.1) is 21.5 Å². The second-order valence-electron chi connectivity index (χ2n) is 7.98. The van der Waals surface area contributed by atoms with E-state index >= 15 is 0 Å². The van der Waals surface area contributed by atoms with Crippen molar-refractivity contribution in [1.82, 2.24) is 14.8 Å². The summed E-state index contributed by atoms with van der Waals surface area (Å²) in [6, 6.07) is 15.4. The molecule has 0 saturated heterocycles. The van der Waals surface area contributed by atoms with Gasteiger partial charge in [0.15, 0.2) is 16.8 Å². The van der Waals surface area contributed by atoms with Gasteiger partial charge in [0.25, 0.3) is 0 Å². The number of anilines is 1. The number of thioether (sulfide) groups is 1. The topological polar surface area (TPSA) is 77.3 Å². The minimum absolute atomic E-state index is 0.0294. The van der Waals surface area contributed by atoms with Crippen LogP contribution in [-0.4, -0.2) is 46.4 Å². The van der Waals surface area contributed by atoms with Crippen molar-refractivity contribution in [2.24, 2.45) is 0 Å². The van der Waals surface area contributed by atoms with Gasteiger partial charge in [-0.2, -0.15) is 0 Å². The van der Waals surface area contributed by atoms with Crippen LogP contribution in [0.3, 0.4) is 0 Å². The molecule has 2 aromatic carbocycles. The fourth-order valence-electron chi connectivity index (χ4n) is 3.98. The molecule has 9 heteroatoms. The Labute approximate surface area is 205 Å². The van der Waals surface area contributed by atoms with Gasteiger partial charge in [0.1, 0.15) is 5.75 Å². The molecule has 0 fully saturated rings. The molecule has 0 unspecified atom stereocenters. The number of aromatic nitrogens is 3. The number of carbonyl (C=O) groups excluding carboxylic acids is 2. The molecule has 172 valence electrons. The van der Waals surface area contributed by atoms with Crippen LogP contribution in [0, 0.1) is 6.92 Å². The Morgan fingerprint density at radius 1 is 1.15 bits per heavy atom. The summed E-state index contributed by atoms with van der Waals surface area (Å²) >= 11 is 2.91. The molecule has 5 rings (SSSR count). The number of ether oxygens (including phenoxy) is 1. The van der Waals surface area contributed by atoms with Crippen LogP contribution in [0.2, 0.25) is 0 Å². The number of nitrogens with zero attached hydrogens (tertiary/aromatic N) is 4. The number of methoxy groups -OCH3 is 1. The first kappa shape index (κ1) is 22.4. The van der Waals surface area contributed by atoms with Gasteiger partial charge < -0.3 is 9.64 Å². The first-order chi connectivity index (χ1) is 16.5. The molecule has 3 heterocycles. The minimum Gasteiger partial charge on any atom is -0.495 e. The number of carbonyl (C=O) groups is 2. The maximum atomic E-state index is 13.0. The smallest absolute Gasteiger partial charge is 0.231 e. The number of Topliss-reactive ketones (excluding diaryl/α,β-unsaturated/α-hetero) is 1. The Morgan fingerprint density at radius 3 is 2.76 bits per heavy atom. The van der Waals surface area contributed by atoms with Crippen LogP contribution in [0.15, 0.2) is 59.1 Å². The highest BCUT2D eigenvalue weighted by Gasteiger charge is 2.25. The quantitative estimate of drug-likeness (QED) is 0.273. The summed E-state index contributed by atoms with van der Waals surface area (Å²) < 4.78 is 7.58. The number of fused-ring (bicyclic) bond motifs is 1. The van der Waals surface area contributed by atoms with E-state index in [4.69, 9.17) is 4.74 Å². The van der Waals surface area contributed by atoms with Gasteiger partial charge >= 0.3 is 0 Å². The van der Waals surface area contributed by atoms with Crippen LogP contribution in [0.25, 0.3) is 16.4 Å². The van der Waals surface area contributed by atoms with Gasteiger partial charge in [0, 0.05) is 18.3 Å². The second kappa shape index (κ2) is 9.08. The molecule has 1 aliphatic rings. The van der Waals surface area contributed by atoms with E-state index in [0.717, 1.165) is 27.4 Å². The Balaban J connectivity index is 1.46. The monoisotopic (exact) mass is 490 g/mol. The number of hydrogen-bond acceptors (Lipinski definition) is 7. The minimum atomic E-state index is -0.0294. The van der Waals surface area contributed by atoms with Crippen molar-refractivity contribution in [3.05, 3.63) is 70.6 Å². The molecule has 1 aliphatic heterocycles. The summed E-state index contributed by atoms with van der Waals surface area (Å²) in [6.07, 6.45) is 0.325. The zero-order chi connectivity index (χ0) is 23.8. The van der Waals surface area contributed by atoms with E-state index in [1.54, 1.807) is 36.5 Å². The van der Waals surface area contributed by atoms with Crippen molar-refractivity contribution in [2.75, 3.05) is 24.8 Å². The van der Waals surface area contributed by atoms with Crippen molar-refractivity contribution in [3.63, 3.8) is 0 Å². The highest BCUT2D eigenvalue weighted by Crippen LogP contribution is 2.35. The first-order valence-electron chi connectivity index (χ1n) is 10.7. The number of ketones is 1. The Morgan fingerprint density at radius 2 is 2.00 bits per heavy atom. The van der Waals surface area contributed by atoms with Crippen molar-refractivity contribution in [2.45, 2.75) is 18.5 Å². The lowest BCUT2D eigenvalue weighted by Gasteiger charge is -2.14. The van der Waals surface area contributed by atoms with Crippen molar-refractivity contribution in [3.8, 4) is 22.1 Å². The van der Waals surface area contributed by atoms with Crippen LogP contribution >= 0.6 is 23.1 Å². The molecular formula is C25H22N4O3S2. The SMILES string of the molecule is COc1ccc(C)cc1-n1c(SCC(=O)c2ccc3c(c2)CC(=O)N3C)nnc1-c1cccs1. The molecular weight excluding hydrogens is 468 g/mol. The predicted octanol–water partition coefficient (Wildman–Crippen LogP) is 4.81. The maximum Gasteiger partial charge on any atom is 0.231 e. The fraction of sp³-hybridized carbons (Fsp3) is 0.200. The van der Waals surface area contributed by atoms with Gasteiger partial charge in [0.2, 0.25) is 5.91 Å². The fourth-order valence-corrected chi connectivity index (χ4v) is 5.52. The number of likely N-dealkylation sites (N-methyl/N-ethyl adjacent to an activating group) is 1. The molecule has 0 atom stereocenters. The lowest BCUT2D eigenvalue weighted by molar-refractivity contribution is -0.117. The Bertz CT molecular complexity index is 1400. The largest absolute Gasteiger partial charge is 0.495 e. The summed E-state index contributed by atoms with van der Waals surface area (Å²) in [5, 5.41) is 11.5. The van der Waals surface area contributed by atoms with E-state index in [2.05, 4.69) is 10.2 Å². The van der Waals surface area contributed by atoms with E-state index in [1.807, 2.05) is 59.3 Å². The number of aryl methyl sites for hydroxylation is 1. The molecule has 2 aromatic heterocycles. The number of hydrogen-bond donors (Lipinski definition) is 0. The van der Waals surface area contributed by atoms with Crippen molar-refractivity contribution >= 4 is 40.5 Å². The van der Waals surface area contributed by atoms with Crippen molar-refractivity contribution in [1.29, 1.82) is 0 Å². The third kappa shape index (κ3) is 4.01. The number of thiophene rings is 1. The standard InChI is InChI=1S/C25H22N4O3S2/c1-15-6-9-21(32-3)19(11-15)29-24(22-5-4-10-33-22)26-27-25(29)34-14-20(30)16-7-8-18-17(12-16)13-23(31)28(18)2/h4-12H,13-14H2,1-3H3. The molecule has 1 amide bonds. The Hall–Kier alpha value is -3.43. The van der Waals surface area contributed by atoms with E-state index in [9.17, 15) is 9.59 Å². The molecule has 0 saturated carbocycles. The average molecular weight is 491 g/mol. The van der Waals surface area contributed by atoms with Gasteiger partial charge in [-0.05, 0) is 59.8 Å². The van der Waals surface area contributed by atoms with E-state index in [-0.39, 0.29) is 17.4 Å². The molecule has 4 aromatic rings. The second-order valence-corrected chi connectivity index (χ2v) is 9.87. The molecule has 0 spiro atoms. The van der Waals surface area contributed by atoms with Crippen LogP contribution in [0.1, 0.15) is 21.5 Å². The Kier molecular flexibility index (Phi) is 5.97. The molecule has 0 bridgehead atoms. The molecule has 7 nitrogen and oxygen atoms in total. The van der Waals surface area contributed by atoms with Gasteiger partial charge in [-0.1, -0.05) is 23.9 Å². The molecule has 0 aliphatic carbocycles. The van der Waals surface area contributed by atoms with E-state index in [0.29, 0.717) is 28.7 Å². The van der Waals surface area contributed by atoms with Gasteiger partial charge in [0.05, 0.1) is 29.8 Å². The summed E-state index contributed by atoms with van der Waals surface area (Å²) in [6.45, 7) is 2.02. The molecule has 34 heavy (non-hydrogen) atoms. The molecule has 0 N–H and O–H groups in total. The van der Waals surface area contributed by atoms with Crippen LogP contribution in [0.4, 0.5) is 5.69 Å². The van der Waals surface area contributed by atoms with Crippen LogP contribution < -0.4 is 9.64 Å². The lowest BCUT2D eigenvalue weighted by atomic mass is 10.1. The summed E-state index contributed by atoms with van der Waals surface area (Å²) in [4.78, 5) is 27.6. The van der Waals surface area contributed by atoms with Gasteiger partial charge in [-0.3, -0.25) is 14.2 Å². The van der Waals surface area contributed by atoms with Crippen LogP contribution in [0.5, 0.6) is 5.75 Å². The zero-order valence-electron chi connectivity index (χ0n) is 18.9. The zero-order valence-corrected chi connectivity index (χ0v) is 20.6. The third-order valence-corrected chi connectivity index (χ3v) is 7.56. The number of amides is 1. The third-order valence-electron chi connectivity index (χ3n) is 5.76. The van der Waals surface area contributed by atoms with E-state index in [1.165, 1.54) is 11.8 Å². The summed E-state index contributed by atoms with van der Waals surface area (Å²) in [5.74, 6) is 1.60. The number of benzene rings is 2. The normalized spacial score (nSPS) is 12.8. The van der Waals surface area contributed by atoms with Gasteiger partial charge in [-0.25, -0.2) is 0 Å². The first-order valence-corrected chi connectivity index (χ1v) is 12.5. The van der Waals surface area contributed by atoms with Crippen molar-refractivity contribution < 1.29 is 14.3 Å². The summed E-state index contributed by atoms with van der Waals surface area (Å²) in [7, 11) is 3.39. The highest BCUT2D eigenvalue weighted by atomic mass is 32.2. The summed E-state index contributed by atoms with van der Waals surface area (Å²) in [5.41, 5.74) is 4.24. The predicted molar refractivity (Wildman–Crippen MR) is 135 cm³/mol. The van der Waals surface area contributed by atoms with E-state index < -0.39 is 0 Å². The van der Waals surface area contributed by atoms with Crippen LogP contribution in [-0.2, 0) is 11.2 Å². The average Bonchev–Trinajstić information content (AvgIpc) is 3.57. The highest BCUT2D eigenvalue weighted by molar-refractivity contribution is 7.99. The molecule has 0 radical (unpaired) electrons.